The van der Waals surface area contributed by atoms with E-state index < -0.39 is 10.8 Å². The second-order valence-corrected chi connectivity index (χ2v) is 5.10. The van der Waals surface area contributed by atoms with Crippen LogP contribution in [0.2, 0.25) is 5.02 Å². The highest BCUT2D eigenvalue weighted by Crippen LogP contribution is 2.20. The number of nitrogens with one attached hydrogen (secondary N) is 1. The Hall–Kier alpha value is -1.18. The number of alkyl halides is 1. The molecule has 0 fully saturated rings. The van der Waals surface area contributed by atoms with Gasteiger partial charge in [0.05, 0.1) is 11.5 Å². The molecule has 0 heterocycles. The number of nitrogens with zero attached hydrogens (tertiary/aromatic N) is 1. The van der Waals surface area contributed by atoms with Crippen LogP contribution in [0.4, 0.5) is 5.69 Å². The number of halogens is 2. The normalized spacial score (nSPS) is 10.3. The van der Waals surface area contributed by atoms with E-state index in [0.717, 1.165) is 5.33 Å². The molecular weight excluding hydrogens is 351 g/mol. The van der Waals surface area contributed by atoms with Gasteiger partial charge in [-0.05, 0) is 12.5 Å². The van der Waals surface area contributed by atoms with Crippen molar-refractivity contribution in [2.75, 3.05) is 25.1 Å². The van der Waals surface area contributed by atoms with Crippen molar-refractivity contribution in [1.29, 1.82) is 0 Å². The van der Waals surface area contributed by atoms with Gasteiger partial charge >= 0.3 is 0 Å². The molecule has 0 spiro atoms. The van der Waals surface area contributed by atoms with Gasteiger partial charge in [-0.2, -0.15) is 0 Å². The fourth-order valence-electron chi connectivity index (χ4n) is 1.45. The maximum atomic E-state index is 11.8. The highest BCUT2D eigenvalue weighted by atomic mass is 79.9. The highest BCUT2D eigenvalue weighted by molar-refractivity contribution is 9.09. The van der Waals surface area contributed by atoms with Gasteiger partial charge in [-0.15, -0.1) is 0 Å². The molecule has 6 nitrogen and oxygen atoms in total. The zero-order valence-corrected chi connectivity index (χ0v) is 12.9. The lowest BCUT2D eigenvalue weighted by atomic mass is 10.2. The third kappa shape index (κ3) is 5.85. The Kier molecular flexibility index (Phi) is 7.50. The van der Waals surface area contributed by atoms with E-state index in [1.807, 2.05) is 0 Å². The van der Waals surface area contributed by atoms with E-state index in [-0.39, 0.29) is 16.3 Å². The smallest absolute Gasteiger partial charge is 0.271 e. The molecule has 0 saturated carbocycles. The number of hydrogen-bond acceptors (Lipinski definition) is 4. The van der Waals surface area contributed by atoms with Crippen LogP contribution in [0, 0.1) is 10.1 Å². The first-order valence-corrected chi connectivity index (χ1v) is 7.41. The summed E-state index contributed by atoms with van der Waals surface area (Å²) in [4.78, 5) is 21.9. The summed E-state index contributed by atoms with van der Waals surface area (Å²) in [5, 5.41) is 14.3. The Morgan fingerprint density at radius 2 is 2.15 bits per heavy atom. The number of carbonyl (C=O) groups excluding carboxylic acids is 1. The molecule has 20 heavy (non-hydrogen) atoms. The van der Waals surface area contributed by atoms with E-state index in [4.69, 9.17) is 16.3 Å². The van der Waals surface area contributed by atoms with Gasteiger partial charge in [0.2, 0.25) is 0 Å². The number of rotatable bonds is 8. The molecule has 0 radical (unpaired) electrons. The van der Waals surface area contributed by atoms with Crippen LogP contribution in [0.15, 0.2) is 18.2 Å². The number of benzene rings is 1. The predicted octanol–water partition coefficient (Wildman–Crippen LogP) is 2.78. The average Bonchev–Trinajstić information content (AvgIpc) is 2.41. The molecule has 1 N–H and O–H groups in total. The Balaban J connectivity index is 2.49. The quantitative estimate of drug-likeness (QED) is 0.332. The van der Waals surface area contributed by atoms with Gasteiger partial charge < -0.3 is 10.1 Å². The summed E-state index contributed by atoms with van der Waals surface area (Å²) in [5.74, 6) is -0.393. The number of ether oxygens (including phenoxy) is 1. The minimum Gasteiger partial charge on any atom is -0.381 e. The third-order valence-corrected chi connectivity index (χ3v) is 2.87. The van der Waals surface area contributed by atoms with E-state index >= 15 is 0 Å². The number of non-ortho nitro benzene ring substituents is 1. The van der Waals surface area contributed by atoms with Gasteiger partial charge in [0.15, 0.2) is 0 Å². The lowest BCUT2D eigenvalue weighted by molar-refractivity contribution is -0.384. The highest BCUT2D eigenvalue weighted by Gasteiger charge is 2.13. The largest absolute Gasteiger partial charge is 0.381 e. The van der Waals surface area contributed by atoms with Crippen LogP contribution in [-0.2, 0) is 4.74 Å². The maximum absolute atomic E-state index is 11.8. The topological polar surface area (TPSA) is 81.5 Å². The fourth-order valence-corrected chi connectivity index (χ4v) is 1.90. The summed E-state index contributed by atoms with van der Waals surface area (Å²) in [6, 6.07) is 3.79. The lowest BCUT2D eigenvalue weighted by Crippen LogP contribution is -2.25. The molecule has 1 amide bonds. The minimum absolute atomic E-state index is 0.157. The molecule has 8 heteroatoms. The molecule has 110 valence electrons. The minimum atomic E-state index is -0.587. The Morgan fingerprint density at radius 1 is 1.40 bits per heavy atom. The number of hydrogen-bond donors (Lipinski definition) is 1. The first-order valence-electron chi connectivity index (χ1n) is 5.91. The molecule has 0 saturated heterocycles. The van der Waals surface area contributed by atoms with Gasteiger partial charge in [0, 0.05) is 41.2 Å². The number of nitro groups is 1. The molecule has 1 rings (SSSR count). The van der Waals surface area contributed by atoms with Crippen LogP contribution in [-0.4, -0.2) is 35.9 Å². The van der Waals surface area contributed by atoms with E-state index in [0.29, 0.717) is 26.2 Å². The monoisotopic (exact) mass is 364 g/mol. The van der Waals surface area contributed by atoms with Crippen molar-refractivity contribution in [2.45, 2.75) is 6.42 Å². The first-order chi connectivity index (χ1) is 9.54. The summed E-state index contributed by atoms with van der Waals surface area (Å²) in [5.41, 5.74) is -0.0334. The molecular formula is C12H14BrClN2O4. The summed E-state index contributed by atoms with van der Waals surface area (Å²) < 4.78 is 5.23. The summed E-state index contributed by atoms with van der Waals surface area (Å²) in [6.07, 6.45) is 0.668. The van der Waals surface area contributed by atoms with Crippen molar-refractivity contribution in [2.24, 2.45) is 0 Å². The van der Waals surface area contributed by atoms with Crippen LogP contribution in [0.1, 0.15) is 16.8 Å². The molecule has 0 atom stereocenters. The van der Waals surface area contributed by atoms with Crippen molar-refractivity contribution in [3.8, 4) is 0 Å². The standard InChI is InChI=1S/C12H14BrClN2O4/c13-2-5-20-4-1-3-15-12(17)9-6-10(14)8-11(7-9)16(18)19/h6-8H,1-5H2,(H,15,17). The van der Waals surface area contributed by atoms with Crippen LogP contribution in [0.3, 0.4) is 0 Å². The van der Waals surface area contributed by atoms with Gasteiger partial charge in [0.1, 0.15) is 0 Å². The van der Waals surface area contributed by atoms with Crippen LogP contribution in [0.5, 0.6) is 0 Å². The van der Waals surface area contributed by atoms with Crippen LogP contribution >= 0.6 is 27.5 Å². The molecule has 1 aromatic rings. The van der Waals surface area contributed by atoms with Gasteiger partial charge in [-0.1, -0.05) is 27.5 Å². The average molecular weight is 366 g/mol. The predicted molar refractivity (Wildman–Crippen MR) is 79.7 cm³/mol. The van der Waals surface area contributed by atoms with Crippen LogP contribution < -0.4 is 5.32 Å². The van der Waals surface area contributed by atoms with Gasteiger partial charge in [0.25, 0.3) is 11.6 Å². The first kappa shape index (κ1) is 16.9. The zero-order chi connectivity index (χ0) is 15.0. The number of amides is 1. The molecule has 0 aliphatic heterocycles. The zero-order valence-electron chi connectivity index (χ0n) is 10.6. The fraction of sp³-hybridized carbons (Fsp3) is 0.417. The second-order valence-electron chi connectivity index (χ2n) is 3.87. The molecule has 0 aliphatic rings. The molecule has 0 bridgehead atoms. The van der Waals surface area contributed by atoms with E-state index in [2.05, 4.69) is 21.2 Å². The van der Waals surface area contributed by atoms with E-state index in [9.17, 15) is 14.9 Å². The maximum Gasteiger partial charge on any atom is 0.271 e. The number of carbonyl (C=O) groups is 1. The van der Waals surface area contributed by atoms with Crippen LogP contribution in [0.25, 0.3) is 0 Å². The Labute approximate surface area is 129 Å². The Morgan fingerprint density at radius 3 is 2.80 bits per heavy atom. The van der Waals surface area contributed by atoms with Crippen molar-refractivity contribution in [3.63, 3.8) is 0 Å². The lowest BCUT2D eigenvalue weighted by Gasteiger charge is -2.06. The van der Waals surface area contributed by atoms with Gasteiger partial charge in [-0.25, -0.2) is 0 Å². The molecule has 0 unspecified atom stereocenters. The molecule has 1 aromatic carbocycles. The molecule has 0 aliphatic carbocycles. The van der Waals surface area contributed by atoms with E-state index in [1.165, 1.54) is 18.2 Å². The van der Waals surface area contributed by atoms with Crippen molar-refractivity contribution >= 4 is 39.1 Å². The third-order valence-electron chi connectivity index (χ3n) is 2.33. The number of nitro benzene ring substituents is 1. The van der Waals surface area contributed by atoms with Crippen molar-refractivity contribution < 1.29 is 14.5 Å². The summed E-state index contributed by atoms with van der Waals surface area (Å²) >= 11 is 8.98. The van der Waals surface area contributed by atoms with Crippen molar-refractivity contribution in [3.05, 3.63) is 38.9 Å². The summed E-state index contributed by atoms with van der Waals surface area (Å²) in [6.45, 7) is 1.59. The van der Waals surface area contributed by atoms with E-state index in [1.54, 1.807) is 0 Å². The second kappa shape index (κ2) is 8.89. The molecule has 0 aromatic heterocycles. The SMILES string of the molecule is O=C(NCCCOCCBr)c1cc(Cl)cc([N+](=O)[O-])c1. The van der Waals surface area contributed by atoms with Gasteiger partial charge in [-0.3, -0.25) is 14.9 Å². The van der Waals surface area contributed by atoms with Crippen molar-refractivity contribution in [1.82, 2.24) is 5.32 Å². The summed E-state index contributed by atoms with van der Waals surface area (Å²) in [7, 11) is 0. The Bertz CT molecular complexity index is 485.